The molecule has 1 N–H and O–H groups in total. The highest BCUT2D eigenvalue weighted by atomic mass is 16.4. The van der Waals surface area contributed by atoms with E-state index in [0.717, 1.165) is 32.1 Å². The summed E-state index contributed by atoms with van der Waals surface area (Å²) in [5, 5.41) is 9.35. The van der Waals surface area contributed by atoms with E-state index in [9.17, 15) is 14.7 Å². The second-order valence-electron chi connectivity index (χ2n) is 6.12. The molecule has 0 aromatic heterocycles. The topological polar surface area (TPSA) is 57.6 Å². The quantitative estimate of drug-likeness (QED) is 0.776. The fourth-order valence-corrected chi connectivity index (χ4v) is 3.91. The Bertz CT molecular complexity index is 418. The molecule has 0 spiro atoms. The smallest absolute Gasteiger partial charge is 0.326 e. The van der Waals surface area contributed by atoms with Crippen molar-refractivity contribution in [3.63, 3.8) is 0 Å². The van der Waals surface area contributed by atoms with Crippen molar-refractivity contribution < 1.29 is 14.7 Å². The number of fused-ring (bicyclic) bond motifs is 2. The lowest BCUT2D eigenvalue weighted by Gasteiger charge is -2.31. The van der Waals surface area contributed by atoms with Crippen molar-refractivity contribution in [2.24, 2.45) is 17.8 Å². The molecule has 4 nitrogen and oxygen atoms in total. The number of carbonyl (C=O) groups is 2. The molecule has 1 amide bonds. The van der Waals surface area contributed by atoms with Crippen LogP contribution in [-0.4, -0.2) is 34.5 Å². The van der Waals surface area contributed by atoms with Crippen LogP contribution in [0.25, 0.3) is 0 Å². The van der Waals surface area contributed by atoms with Gasteiger partial charge in [-0.3, -0.25) is 4.79 Å². The van der Waals surface area contributed by atoms with Crippen molar-refractivity contribution in [3.05, 3.63) is 12.2 Å². The van der Waals surface area contributed by atoms with Gasteiger partial charge in [-0.25, -0.2) is 4.79 Å². The molecule has 1 heterocycles. The number of carboxylic acids is 1. The number of amides is 1. The first-order valence-corrected chi connectivity index (χ1v) is 7.38. The number of carbonyl (C=O) groups excluding carboxylic acids is 1. The first-order chi connectivity index (χ1) is 9.16. The van der Waals surface area contributed by atoms with Crippen molar-refractivity contribution in [1.29, 1.82) is 0 Å². The van der Waals surface area contributed by atoms with Crippen molar-refractivity contribution in [2.75, 3.05) is 6.54 Å². The Labute approximate surface area is 113 Å². The van der Waals surface area contributed by atoms with Crippen LogP contribution >= 0.6 is 0 Å². The SMILES string of the molecule is O=C(O)C1CCCCCN1C(=O)C1CC2C=CC1C2. The molecule has 3 rings (SSSR count). The largest absolute Gasteiger partial charge is 0.480 e. The van der Waals surface area contributed by atoms with Gasteiger partial charge in [-0.2, -0.15) is 0 Å². The second kappa shape index (κ2) is 4.99. The van der Waals surface area contributed by atoms with Gasteiger partial charge in [-0.15, -0.1) is 0 Å². The second-order valence-corrected chi connectivity index (χ2v) is 6.12. The molecule has 1 aliphatic heterocycles. The molecular weight excluding hydrogens is 242 g/mol. The Morgan fingerprint density at radius 1 is 1.11 bits per heavy atom. The van der Waals surface area contributed by atoms with Gasteiger partial charge in [0.05, 0.1) is 0 Å². The van der Waals surface area contributed by atoms with Gasteiger partial charge in [0.25, 0.3) is 0 Å². The maximum Gasteiger partial charge on any atom is 0.326 e. The van der Waals surface area contributed by atoms with Gasteiger partial charge in [0.15, 0.2) is 0 Å². The van der Waals surface area contributed by atoms with Gasteiger partial charge >= 0.3 is 5.97 Å². The molecule has 2 bridgehead atoms. The van der Waals surface area contributed by atoms with E-state index in [1.165, 1.54) is 0 Å². The van der Waals surface area contributed by atoms with E-state index in [0.29, 0.717) is 24.8 Å². The Morgan fingerprint density at radius 2 is 1.95 bits per heavy atom. The van der Waals surface area contributed by atoms with Crippen LogP contribution in [0.1, 0.15) is 38.5 Å². The third-order valence-electron chi connectivity index (χ3n) is 4.92. The van der Waals surface area contributed by atoms with Gasteiger partial charge in [0, 0.05) is 12.5 Å². The molecule has 0 aromatic carbocycles. The van der Waals surface area contributed by atoms with Crippen LogP contribution in [0.3, 0.4) is 0 Å². The summed E-state index contributed by atoms with van der Waals surface area (Å²) >= 11 is 0. The number of carboxylic acid groups (broad SMARTS) is 1. The predicted octanol–water partition coefficient (Wildman–Crippen LogP) is 2.05. The number of allylic oxidation sites excluding steroid dienone is 2. The summed E-state index contributed by atoms with van der Waals surface area (Å²) in [4.78, 5) is 25.7. The maximum absolute atomic E-state index is 12.7. The van der Waals surface area contributed by atoms with Crippen LogP contribution in [0.4, 0.5) is 0 Å². The van der Waals surface area contributed by atoms with Crippen molar-refractivity contribution >= 4 is 11.9 Å². The monoisotopic (exact) mass is 263 g/mol. The van der Waals surface area contributed by atoms with Crippen molar-refractivity contribution in [2.45, 2.75) is 44.6 Å². The highest BCUT2D eigenvalue weighted by molar-refractivity contribution is 5.86. The number of aliphatic carboxylic acids is 1. The zero-order chi connectivity index (χ0) is 13.4. The fourth-order valence-electron chi connectivity index (χ4n) is 3.91. The van der Waals surface area contributed by atoms with E-state index < -0.39 is 12.0 Å². The zero-order valence-electron chi connectivity index (χ0n) is 11.1. The maximum atomic E-state index is 12.7. The van der Waals surface area contributed by atoms with E-state index in [2.05, 4.69) is 12.2 Å². The average Bonchev–Trinajstić information content (AvgIpc) is 2.92. The standard InChI is InChI=1S/C15H21NO3/c17-14(12-9-10-5-6-11(12)8-10)16-7-3-1-2-4-13(16)15(18)19/h5-6,10-13H,1-4,7-9H2,(H,18,19). The molecule has 0 radical (unpaired) electrons. The molecule has 4 unspecified atom stereocenters. The summed E-state index contributed by atoms with van der Waals surface area (Å²) in [6.07, 6.45) is 9.87. The Kier molecular flexibility index (Phi) is 3.33. The van der Waals surface area contributed by atoms with Gasteiger partial charge in [0.1, 0.15) is 6.04 Å². The number of likely N-dealkylation sites (tertiary alicyclic amines) is 1. The summed E-state index contributed by atoms with van der Waals surface area (Å²) in [5.41, 5.74) is 0. The molecule has 19 heavy (non-hydrogen) atoms. The molecule has 0 aromatic rings. The molecule has 4 atom stereocenters. The van der Waals surface area contributed by atoms with E-state index in [-0.39, 0.29) is 11.8 Å². The molecular formula is C15H21NO3. The third kappa shape index (κ3) is 2.28. The van der Waals surface area contributed by atoms with Crippen LogP contribution in [0, 0.1) is 17.8 Å². The minimum atomic E-state index is -0.839. The molecule has 3 aliphatic rings. The lowest BCUT2D eigenvalue weighted by molar-refractivity contribution is -0.152. The van der Waals surface area contributed by atoms with E-state index in [1.54, 1.807) is 4.90 Å². The van der Waals surface area contributed by atoms with Crippen molar-refractivity contribution in [1.82, 2.24) is 4.90 Å². The van der Waals surface area contributed by atoms with E-state index in [4.69, 9.17) is 0 Å². The van der Waals surface area contributed by atoms with Crippen LogP contribution in [-0.2, 0) is 9.59 Å². The van der Waals surface area contributed by atoms with Crippen molar-refractivity contribution in [3.8, 4) is 0 Å². The molecule has 2 aliphatic carbocycles. The highest BCUT2D eigenvalue weighted by Gasteiger charge is 2.43. The first-order valence-electron chi connectivity index (χ1n) is 7.38. The Morgan fingerprint density at radius 3 is 2.58 bits per heavy atom. The lowest BCUT2D eigenvalue weighted by Crippen LogP contribution is -2.47. The fraction of sp³-hybridized carbons (Fsp3) is 0.733. The summed E-state index contributed by atoms with van der Waals surface area (Å²) in [6, 6.07) is -0.599. The minimum absolute atomic E-state index is 0.0370. The highest BCUT2D eigenvalue weighted by Crippen LogP contribution is 2.44. The van der Waals surface area contributed by atoms with Crippen LogP contribution in [0.5, 0.6) is 0 Å². The Hall–Kier alpha value is -1.32. The van der Waals surface area contributed by atoms with E-state index in [1.807, 2.05) is 0 Å². The molecule has 104 valence electrons. The van der Waals surface area contributed by atoms with Crippen LogP contribution in [0.2, 0.25) is 0 Å². The van der Waals surface area contributed by atoms with Gasteiger partial charge in [-0.05, 0) is 37.5 Å². The third-order valence-corrected chi connectivity index (χ3v) is 4.92. The molecule has 2 fully saturated rings. The lowest BCUT2D eigenvalue weighted by atomic mass is 9.91. The van der Waals surface area contributed by atoms with Gasteiger partial charge < -0.3 is 10.0 Å². The molecule has 4 heteroatoms. The minimum Gasteiger partial charge on any atom is -0.480 e. The van der Waals surface area contributed by atoms with Crippen LogP contribution < -0.4 is 0 Å². The molecule has 1 saturated heterocycles. The number of hydrogen-bond acceptors (Lipinski definition) is 2. The van der Waals surface area contributed by atoms with Gasteiger partial charge in [0.2, 0.25) is 5.91 Å². The normalized spacial score (nSPS) is 37.4. The summed E-state index contributed by atoms with van der Waals surface area (Å²) in [6.45, 7) is 0.618. The summed E-state index contributed by atoms with van der Waals surface area (Å²) in [5.74, 6) is 0.194. The summed E-state index contributed by atoms with van der Waals surface area (Å²) < 4.78 is 0. The number of hydrogen-bond donors (Lipinski definition) is 1. The number of nitrogens with zero attached hydrogens (tertiary/aromatic N) is 1. The van der Waals surface area contributed by atoms with Crippen LogP contribution in [0.15, 0.2) is 12.2 Å². The zero-order valence-corrected chi connectivity index (χ0v) is 11.1. The predicted molar refractivity (Wildman–Crippen MR) is 70.4 cm³/mol. The first kappa shape index (κ1) is 12.7. The number of rotatable bonds is 2. The van der Waals surface area contributed by atoms with Gasteiger partial charge in [-0.1, -0.05) is 25.0 Å². The summed E-state index contributed by atoms with van der Waals surface area (Å²) in [7, 11) is 0. The average molecular weight is 263 g/mol. The Balaban J connectivity index is 1.76. The van der Waals surface area contributed by atoms with E-state index >= 15 is 0 Å². The molecule has 1 saturated carbocycles.